The molecule has 1 heterocycles. The van der Waals surface area contributed by atoms with Crippen LogP contribution in [-0.2, 0) is 9.53 Å². The summed E-state index contributed by atoms with van der Waals surface area (Å²) in [7, 11) is 0. The van der Waals surface area contributed by atoms with E-state index in [-0.39, 0.29) is 17.4 Å². The highest BCUT2D eigenvalue weighted by Crippen LogP contribution is 2.53. The number of rotatable bonds is 3. The van der Waals surface area contributed by atoms with Crippen LogP contribution in [0.4, 0.5) is 13.2 Å². The molecule has 1 aliphatic heterocycles. The number of nitrogens with zero attached hydrogens (tertiary/aromatic N) is 1. The minimum atomic E-state index is -1.45. The molecule has 2 atom stereocenters. The fourth-order valence-corrected chi connectivity index (χ4v) is 2.86. The molecule has 1 saturated carbocycles. The third-order valence-corrected chi connectivity index (χ3v) is 3.95. The molecule has 1 aliphatic carbocycles. The van der Waals surface area contributed by atoms with E-state index < -0.39 is 35.0 Å². The average molecular weight is 298 g/mol. The lowest BCUT2D eigenvalue weighted by molar-refractivity contribution is -0.126. The van der Waals surface area contributed by atoms with Crippen molar-refractivity contribution < 1.29 is 22.7 Å². The van der Waals surface area contributed by atoms with Gasteiger partial charge in [-0.3, -0.25) is 4.79 Å². The number of benzene rings is 1. The van der Waals surface area contributed by atoms with E-state index in [0.717, 1.165) is 0 Å². The van der Waals surface area contributed by atoms with Crippen molar-refractivity contribution in [2.45, 2.75) is 31.4 Å². The van der Waals surface area contributed by atoms with Gasteiger partial charge in [0.1, 0.15) is 5.82 Å². The molecule has 112 valence electrons. The molecule has 1 fully saturated rings. The van der Waals surface area contributed by atoms with Gasteiger partial charge in [0.25, 0.3) is 0 Å². The predicted octanol–water partition coefficient (Wildman–Crippen LogP) is 2.23. The zero-order chi connectivity index (χ0) is 15.4. The third-order valence-electron chi connectivity index (χ3n) is 3.95. The van der Waals surface area contributed by atoms with Crippen LogP contribution in [0.5, 0.6) is 0 Å². The summed E-state index contributed by atoms with van der Waals surface area (Å²) in [6.45, 7) is 1.51. The Balaban J connectivity index is 2.13. The Morgan fingerprint density at radius 3 is 2.48 bits per heavy atom. The Kier molecular flexibility index (Phi) is 2.96. The lowest BCUT2D eigenvalue weighted by Gasteiger charge is -2.29. The molecule has 1 aromatic rings. The molecule has 21 heavy (non-hydrogen) atoms. The van der Waals surface area contributed by atoms with E-state index in [1.165, 1.54) is 6.92 Å². The third kappa shape index (κ3) is 1.99. The molecule has 4 nitrogen and oxygen atoms in total. The number of amides is 1. The summed E-state index contributed by atoms with van der Waals surface area (Å²) in [5.41, 5.74) is 3.77. The van der Waals surface area contributed by atoms with Crippen molar-refractivity contribution in [3.63, 3.8) is 0 Å². The summed E-state index contributed by atoms with van der Waals surface area (Å²) in [5.74, 6) is -4.26. The van der Waals surface area contributed by atoms with Crippen LogP contribution in [0, 0.1) is 23.4 Å². The summed E-state index contributed by atoms with van der Waals surface area (Å²) in [5, 5.41) is 0. The van der Waals surface area contributed by atoms with Crippen LogP contribution in [0.2, 0.25) is 0 Å². The van der Waals surface area contributed by atoms with Crippen molar-refractivity contribution >= 4 is 11.8 Å². The summed E-state index contributed by atoms with van der Waals surface area (Å²) in [4.78, 5) is 16.1. The first-order chi connectivity index (χ1) is 9.86. The van der Waals surface area contributed by atoms with Crippen molar-refractivity contribution in [3.05, 3.63) is 35.1 Å². The molecule has 7 heteroatoms. The zero-order valence-corrected chi connectivity index (χ0v) is 11.2. The highest BCUT2D eigenvalue weighted by atomic mass is 19.2. The number of primary amides is 1. The molecular weight excluding hydrogens is 285 g/mol. The number of carbonyl (C=O) groups is 1. The van der Waals surface area contributed by atoms with Crippen LogP contribution >= 0.6 is 0 Å². The second kappa shape index (κ2) is 4.47. The Morgan fingerprint density at radius 2 is 1.90 bits per heavy atom. The van der Waals surface area contributed by atoms with Gasteiger partial charge in [0.15, 0.2) is 29.2 Å². The van der Waals surface area contributed by atoms with Gasteiger partial charge in [-0.05, 0) is 24.8 Å². The van der Waals surface area contributed by atoms with E-state index in [0.29, 0.717) is 25.0 Å². The largest absolute Gasteiger partial charge is 0.470 e. The number of ether oxygens (including phenoxy) is 1. The van der Waals surface area contributed by atoms with Gasteiger partial charge >= 0.3 is 0 Å². The normalized spacial score (nSPS) is 28.2. The molecule has 2 N–H and O–H groups in total. The van der Waals surface area contributed by atoms with Crippen molar-refractivity contribution in [1.82, 2.24) is 0 Å². The topological polar surface area (TPSA) is 64.7 Å². The Hall–Kier alpha value is -2.05. The molecular formula is C14H13F3N2O2. The number of hydrogen-bond acceptors (Lipinski definition) is 3. The summed E-state index contributed by atoms with van der Waals surface area (Å²) >= 11 is 0. The average Bonchev–Trinajstić information content (AvgIpc) is 3.18. The fourth-order valence-electron chi connectivity index (χ4n) is 2.86. The lowest BCUT2D eigenvalue weighted by atomic mass is 9.83. The number of aliphatic imine (C=N–C) groups is 1. The van der Waals surface area contributed by atoms with E-state index in [2.05, 4.69) is 4.99 Å². The molecule has 3 rings (SSSR count). The molecule has 1 amide bonds. The van der Waals surface area contributed by atoms with Crippen LogP contribution in [0.1, 0.15) is 31.4 Å². The Bertz CT molecular complexity index is 658. The minimum Gasteiger partial charge on any atom is -0.470 e. The summed E-state index contributed by atoms with van der Waals surface area (Å²) in [6.07, 6.45) is 0.230. The van der Waals surface area contributed by atoms with Gasteiger partial charge in [0.2, 0.25) is 5.91 Å². The first kappa shape index (κ1) is 13.9. The fraction of sp³-hybridized carbons (Fsp3) is 0.429. The first-order valence-corrected chi connectivity index (χ1v) is 6.53. The van der Waals surface area contributed by atoms with E-state index in [1.807, 2.05) is 0 Å². The SMILES string of the molecule is CC1=NC(C(N)=O)(C2CC2)C(c2cc(F)c(F)cc2F)O1. The van der Waals surface area contributed by atoms with Gasteiger partial charge < -0.3 is 10.5 Å². The Morgan fingerprint density at radius 1 is 1.29 bits per heavy atom. The van der Waals surface area contributed by atoms with Crippen LogP contribution in [0.3, 0.4) is 0 Å². The summed E-state index contributed by atoms with van der Waals surface area (Å²) in [6, 6.07) is 1.13. The predicted molar refractivity (Wildman–Crippen MR) is 67.9 cm³/mol. The highest BCUT2D eigenvalue weighted by Gasteiger charge is 2.60. The number of nitrogens with two attached hydrogens (primary N) is 1. The second-order valence-electron chi connectivity index (χ2n) is 5.38. The number of carbonyl (C=O) groups excluding carboxylic acids is 1. The standard InChI is InChI=1S/C14H13F3N2O2/c1-6-19-14(13(18)20,7-2-3-7)12(21-6)8-4-10(16)11(17)5-9(8)15/h4-5,7,12H,2-3H2,1H3,(H2,18,20). The molecule has 0 bridgehead atoms. The maximum Gasteiger partial charge on any atom is 0.250 e. The number of halogens is 3. The van der Waals surface area contributed by atoms with Crippen molar-refractivity contribution in [3.8, 4) is 0 Å². The summed E-state index contributed by atoms with van der Waals surface area (Å²) < 4.78 is 45.9. The van der Waals surface area contributed by atoms with Gasteiger partial charge in [0.05, 0.1) is 0 Å². The van der Waals surface area contributed by atoms with E-state index in [4.69, 9.17) is 10.5 Å². The smallest absolute Gasteiger partial charge is 0.250 e. The van der Waals surface area contributed by atoms with Crippen LogP contribution in [0.15, 0.2) is 17.1 Å². The first-order valence-electron chi connectivity index (χ1n) is 6.53. The molecule has 0 spiro atoms. The molecule has 0 saturated heterocycles. The van der Waals surface area contributed by atoms with Crippen LogP contribution < -0.4 is 5.73 Å². The van der Waals surface area contributed by atoms with Crippen molar-refractivity contribution in [1.29, 1.82) is 0 Å². The van der Waals surface area contributed by atoms with Crippen LogP contribution in [0.25, 0.3) is 0 Å². The molecule has 1 aromatic carbocycles. The second-order valence-corrected chi connectivity index (χ2v) is 5.38. The number of hydrogen-bond donors (Lipinski definition) is 1. The molecule has 0 radical (unpaired) electrons. The lowest BCUT2D eigenvalue weighted by Crippen LogP contribution is -2.47. The van der Waals surface area contributed by atoms with Crippen molar-refractivity contribution in [2.24, 2.45) is 16.6 Å². The molecule has 0 aromatic heterocycles. The van der Waals surface area contributed by atoms with Gasteiger partial charge in [-0.25, -0.2) is 18.2 Å². The van der Waals surface area contributed by atoms with E-state index in [9.17, 15) is 18.0 Å². The minimum absolute atomic E-state index is 0.176. The van der Waals surface area contributed by atoms with Crippen LogP contribution in [-0.4, -0.2) is 17.3 Å². The zero-order valence-electron chi connectivity index (χ0n) is 11.2. The van der Waals surface area contributed by atoms with Gasteiger partial charge in [0, 0.05) is 18.6 Å². The maximum absolute atomic E-state index is 14.0. The Labute approximate surface area is 118 Å². The molecule has 2 unspecified atom stereocenters. The highest BCUT2D eigenvalue weighted by molar-refractivity contribution is 5.92. The van der Waals surface area contributed by atoms with Gasteiger partial charge in [-0.1, -0.05) is 0 Å². The monoisotopic (exact) mass is 298 g/mol. The van der Waals surface area contributed by atoms with Gasteiger partial charge in [-0.15, -0.1) is 0 Å². The maximum atomic E-state index is 14.0. The van der Waals surface area contributed by atoms with E-state index >= 15 is 0 Å². The van der Waals surface area contributed by atoms with Gasteiger partial charge in [-0.2, -0.15) is 0 Å². The molecule has 2 aliphatic rings. The van der Waals surface area contributed by atoms with E-state index in [1.54, 1.807) is 0 Å². The quantitative estimate of drug-likeness (QED) is 0.870. The van der Waals surface area contributed by atoms with Crippen molar-refractivity contribution in [2.75, 3.05) is 0 Å².